The van der Waals surface area contributed by atoms with Gasteiger partial charge in [0.25, 0.3) is 0 Å². The van der Waals surface area contributed by atoms with E-state index in [1.807, 2.05) is 0 Å². The van der Waals surface area contributed by atoms with Crippen LogP contribution in [0.25, 0.3) is 0 Å². The molecule has 0 aromatic rings. The summed E-state index contributed by atoms with van der Waals surface area (Å²) in [4.78, 5) is 2.61. The van der Waals surface area contributed by atoms with Gasteiger partial charge < -0.3 is 5.73 Å². The Morgan fingerprint density at radius 3 is 2.56 bits per heavy atom. The molecule has 2 rings (SSSR count). The maximum Gasteiger partial charge on any atom is 0.0246 e. The van der Waals surface area contributed by atoms with Crippen LogP contribution in [0.3, 0.4) is 0 Å². The van der Waals surface area contributed by atoms with Crippen molar-refractivity contribution in [2.75, 3.05) is 25.1 Å². The Morgan fingerprint density at radius 2 is 2.00 bits per heavy atom. The number of hydrogen-bond acceptors (Lipinski definition) is 3. The van der Waals surface area contributed by atoms with Crippen LogP contribution in [0.1, 0.15) is 38.5 Å². The maximum atomic E-state index is 6.02. The highest BCUT2D eigenvalue weighted by atomic mass is 32.2. The van der Waals surface area contributed by atoms with Gasteiger partial charge in [-0.25, -0.2) is 0 Å². The van der Waals surface area contributed by atoms with Crippen molar-refractivity contribution >= 4 is 11.8 Å². The largest absolute Gasteiger partial charge is 0.329 e. The van der Waals surface area contributed by atoms with E-state index in [9.17, 15) is 0 Å². The van der Waals surface area contributed by atoms with Gasteiger partial charge in [0.1, 0.15) is 0 Å². The Labute approximate surface area is 104 Å². The monoisotopic (exact) mass is 242 g/mol. The second-order valence-corrected chi connectivity index (χ2v) is 6.53. The van der Waals surface area contributed by atoms with Crippen LogP contribution in [-0.2, 0) is 0 Å². The first kappa shape index (κ1) is 12.7. The first-order chi connectivity index (χ1) is 7.83. The molecular formula is C13H26N2S. The third-order valence-corrected chi connectivity index (χ3v) is 5.59. The summed E-state index contributed by atoms with van der Waals surface area (Å²) < 4.78 is 0. The molecule has 2 fully saturated rings. The van der Waals surface area contributed by atoms with E-state index in [0.29, 0.717) is 6.04 Å². The van der Waals surface area contributed by atoms with E-state index in [2.05, 4.69) is 23.7 Å². The molecule has 2 N–H and O–H groups in total. The van der Waals surface area contributed by atoms with E-state index in [0.717, 1.165) is 18.5 Å². The lowest BCUT2D eigenvalue weighted by atomic mass is 9.83. The number of rotatable bonds is 4. The van der Waals surface area contributed by atoms with Crippen LogP contribution >= 0.6 is 11.8 Å². The SMILES string of the molecule is CN(C1CCSC1)C(CN)C1CCCCC1. The van der Waals surface area contributed by atoms with E-state index in [-0.39, 0.29) is 0 Å². The first-order valence-corrected chi connectivity index (χ1v) is 7.98. The van der Waals surface area contributed by atoms with Crippen LogP contribution in [0.2, 0.25) is 0 Å². The van der Waals surface area contributed by atoms with Gasteiger partial charge in [0.2, 0.25) is 0 Å². The summed E-state index contributed by atoms with van der Waals surface area (Å²) >= 11 is 2.10. The van der Waals surface area contributed by atoms with Gasteiger partial charge in [-0.2, -0.15) is 11.8 Å². The fourth-order valence-corrected chi connectivity index (χ4v) is 4.60. The number of nitrogens with two attached hydrogens (primary N) is 1. The third-order valence-electron chi connectivity index (χ3n) is 4.44. The van der Waals surface area contributed by atoms with E-state index >= 15 is 0 Å². The van der Waals surface area contributed by atoms with Gasteiger partial charge in [-0.15, -0.1) is 0 Å². The van der Waals surface area contributed by atoms with E-state index in [4.69, 9.17) is 5.73 Å². The number of thioether (sulfide) groups is 1. The molecule has 0 aromatic heterocycles. The highest BCUT2D eigenvalue weighted by Gasteiger charge is 2.31. The smallest absolute Gasteiger partial charge is 0.0246 e. The van der Waals surface area contributed by atoms with E-state index < -0.39 is 0 Å². The highest BCUT2D eigenvalue weighted by molar-refractivity contribution is 7.99. The van der Waals surface area contributed by atoms with E-state index in [1.165, 1.54) is 50.0 Å². The third kappa shape index (κ3) is 2.93. The molecule has 0 bridgehead atoms. The molecule has 1 saturated heterocycles. The van der Waals surface area contributed by atoms with Crippen molar-refractivity contribution in [3.63, 3.8) is 0 Å². The van der Waals surface area contributed by atoms with Crippen LogP contribution in [0.5, 0.6) is 0 Å². The first-order valence-electron chi connectivity index (χ1n) is 6.82. The molecule has 94 valence electrons. The van der Waals surface area contributed by atoms with Gasteiger partial charge >= 0.3 is 0 Å². The molecule has 0 radical (unpaired) electrons. The number of hydrogen-bond donors (Lipinski definition) is 1. The fraction of sp³-hybridized carbons (Fsp3) is 1.00. The van der Waals surface area contributed by atoms with Crippen LogP contribution < -0.4 is 5.73 Å². The van der Waals surface area contributed by atoms with Crippen LogP contribution in [0, 0.1) is 5.92 Å². The topological polar surface area (TPSA) is 29.3 Å². The van der Waals surface area contributed by atoms with Gasteiger partial charge in [0, 0.05) is 24.4 Å². The summed E-state index contributed by atoms with van der Waals surface area (Å²) in [5, 5.41) is 0. The van der Waals surface area contributed by atoms with Crippen LogP contribution in [0.4, 0.5) is 0 Å². The minimum Gasteiger partial charge on any atom is -0.329 e. The van der Waals surface area contributed by atoms with Gasteiger partial charge in [0.15, 0.2) is 0 Å². The molecule has 0 spiro atoms. The molecule has 1 aliphatic heterocycles. The Bertz CT molecular complexity index is 198. The quantitative estimate of drug-likeness (QED) is 0.820. The van der Waals surface area contributed by atoms with Crippen molar-refractivity contribution < 1.29 is 0 Å². The second kappa shape index (κ2) is 6.27. The van der Waals surface area contributed by atoms with Gasteiger partial charge in [-0.05, 0) is 38.0 Å². The molecule has 0 aromatic carbocycles. The molecule has 3 heteroatoms. The summed E-state index contributed by atoms with van der Waals surface area (Å²) in [6, 6.07) is 1.43. The Kier molecular flexibility index (Phi) is 4.98. The maximum absolute atomic E-state index is 6.02. The van der Waals surface area contributed by atoms with Crippen molar-refractivity contribution in [1.29, 1.82) is 0 Å². The Balaban J connectivity index is 1.91. The molecular weight excluding hydrogens is 216 g/mol. The lowest BCUT2D eigenvalue weighted by Gasteiger charge is -2.39. The van der Waals surface area contributed by atoms with Crippen molar-refractivity contribution in [2.45, 2.75) is 50.6 Å². The molecule has 1 saturated carbocycles. The molecule has 1 aliphatic carbocycles. The van der Waals surface area contributed by atoms with E-state index in [1.54, 1.807) is 0 Å². The Hall–Kier alpha value is 0.270. The molecule has 2 aliphatic rings. The van der Waals surface area contributed by atoms with Crippen molar-refractivity contribution in [3.8, 4) is 0 Å². The molecule has 2 unspecified atom stereocenters. The van der Waals surface area contributed by atoms with Gasteiger partial charge in [-0.1, -0.05) is 19.3 Å². The molecule has 16 heavy (non-hydrogen) atoms. The summed E-state index contributed by atoms with van der Waals surface area (Å²) in [5.41, 5.74) is 6.02. The summed E-state index contributed by atoms with van der Waals surface area (Å²) in [6.07, 6.45) is 8.47. The minimum atomic E-state index is 0.643. The zero-order valence-corrected chi connectivity index (χ0v) is 11.3. The van der Waals surface area contributed by atoms with Crippen molar-refractivity contribution in [2.24, 2.45) is 11.7 Å². The second-order valence-electron chi connectivity index (χ2n) is 5.38. The zero-order valence-electron chi connectivity index (χ0n) is 10.5. The molecule has 2 atom stereocenters. The number of likely N-dealkylation sites (N-methyl/N-ethyl adjacent to an activating group) is 1. The predicted molar refractivity (Wildman–Crippen MR) is 72.9 cm³/mol. The predicted octanol–water partition coefficient (Wildman–Crippen LogP) is 2.33. The van der Waals surface area contributed by atoms with Crippen molar-refractivity contribution in [3.05, 3.63) is 0 Å². The summed E-state index contributed by atoms with van der Waals surface area (Å²) in [5.74, 6) is 3.53. The standard InChI is InChI=1S/C13H26N2S/c1-15(12-7-8-16-10-12)13(9-14)11-5-3-2-4-6-11/h11-13H,2-10,14H2,1H3. The number of nitrogens with zero attached hydrogens (tertiary/aromatic N) is 1. The highest BCUT2D eigenvalue weighted by Crippen LogP contribution is 2.31. The van der Waals surface area contributed by atoms with Crippen LogP contribution in [0.15, 0.2) is 0 Å². The molecule has 0 amide bonds. The van der Waals surface area contributed by atoms with Crippen LogP contribution in [-0.4, -0.2) is 42.1 Å². The summed E-state index contributed by atoms with van der Waals surface area (Å²) in [6.45, 7) is 0.850. The lowest BCUT2D eigenvalue weighted by molar-refractivity contribution is 0.116. The normalized spacial score (nSPS) is 29.8. The zero-order chi connectivity index (χ0) is 11.4. The molecule has 1 heterocycles. The lowest BCUT2D eigenvalue weighted by Crippen LogP contribution is -2.49. The fourth-order valence-electron chi connectivity index (χ4n) is 3.32. The average molecular weight is 242 g/mol. The van der Waals surface area contributed by atoms with Gasteiger partial charge in [-0.3, -0.25) is 4.90 Å². The molecule has 2 nitrogen and oxygen atoms in total. The average Bonchev–Trinajstić information content (AvgIpc) is 2.85. The minimum absolute atomic E-state index is 0.643. The summed E-state index contributed by atoms with van der Waals surface area (Å²) in [7, 11) is 2.31. The van der Waals surface area contributed by atoms with Crippen molar-refractivity contribution in [1.82, 2.24) is 4.90 Å². The Morgan fingerprint density at radius 1 is 1.25 bits per heavy atom. The van der Waals surface area contributed by atoms with Gasteiger partial charge in [0.05, 0.1) is 0 Å².